The van der Waals surface area contributed by atoms with Gasteiger partial charge in [0.25, 0.3) is 0 Å². The van der Waals surface area contributed by atoms with Gasteiger partial charge in [0, 0.05) is 11.6 Å². The van der Waals surface area contributed by atoms with Crippen LogP contribution in [0.15, 0.2) is 47.9 Å². The maximum absolute atomic E-state index is 12.3. The zero-order valence-electron chi connectivity index (χ0n) is 16.7. The first-order valence-electron chi connectivity index (χ1n) is 8.90. The van der Waals surface area contributed by atoms with Crippen molar-refractivity contribution in [2.24, 2.45) is 0 Å². The number of carbonyl (C=O) groups is 1. The standard InChI is InChI=1S/C20H21ClN4O4S/c1-27-16-7-13(8-17(28-2)19(16)29-3)10-22-18(26)11-30-20-24-23-12-25(20)15-6-4-5-14(21)9-15/h4-9,12H,10-11H2,1-3H3,(H,22,26). The molecule has 0 aliphatic rings. The van der Waals surface area contributed by atoms with Gasteiger partial charge in [-0.25, -0.2) is 0 Å². The van der Waals surface area contributed by atoms with Crippen LogP contribution in [0.3, 0.4) is 0 Å². The third kappa shape index (κ3) is 5.17. The molecule has 0 atom stereocenters. The minimum atomic E-state index is -0.144. The summed E-state index contributed by atoms with van der Waals surface area (Å²) in [7, 11) is 4.64. The van der Waals surface area contributed by atoms with Gasteiger partial charge in [0.05, 0.1) is 32.8 Å². The lowest BCUT2D eigenvalue weighted by atomic mass is 10.2. The van der Waals surface area contributed by atoms with E-state index in [0.29, 0.717) is 34.0 Å². The average molecular weight is 449 g/mol. The number of thioether (sulfide) groups is 1. The van der Waals surface area contributed by atoms with E-state index in [-0.39, 0.29) is 11.7 Å². The first kappa shape index (κ1) is 21.8. The molecule has 0 aliphatic carbocycles. The third-order valence-electron chi connectivity index (χ3n) is 4.15. The predicted molar refractivity (Wildman–Crippen MR) is 115 cm³/mol. The highest BCUT2D eigenvalue weighted by Gasteiger charge is 2.14. The molecule has 8 nitrogen and oxygen atoms in total. The van der Waals surface area contributed by atoms with Gasteiger partial charge in [-0.1, -0.05) is 29.4 Å². The number of methoxy groups -OCH3 is 3. The van der Waals surface area contributed by atoms with Crippen LogP contribution in [0.25, 0.3) is 5.69 Å². The maximum Gasteiger partial charge on any atom is 0.230 e. The topological polar surface area (TPSA) is 87.5 Å². The van der Waals surface area contributed by atoms with Gasteiger partial charge in [-0.15, -0.1) is 10.2 Å². The summed E-state index contributed by atoms with van der Waals surface area (Å²) in [6.07, 6.45) is 1.59. The fraction of sp³-hybridized carbons (Fsp3) is 0.250. The molecule has 0 bridgehead atoms. The van der Waals surface area contributed by atoms with E-state index in [1.54, 1.807) is 56.5 Å². The quantitative estimate of drug-likeness (QED) is 0.502. The normalized spacial score (nSPS) is 10.5. The van der Waals surface area contributed by atoms with Crippen molar-refractivity contribution in [2.75, 3.05) is 27.1 Å². The predicted octanol–water partition coefficient (Wildman–Crippen LogP) is 3.36. The van der Waals surface area contributed by atoms with E-state index >= 15 is 0 Å². The second-order valence-electron chi connectivity index (χ2n) is 6.06. The number of benzene rings is 2. The number of carbonyl (C=O) groups excluding carboxylic acids is 1. The van der Waals surface area contributed by atoms with Gasteiger partial charge in [-0.05, 0) is 35.9 Å². The second-order valence-corrected chi connectivity index (χ2v) is 7.44. The van der Waals surface area contributed by atoms with Gasteiger partial charge in [-0.2, -0.15) is 0 Å². The van der Waals surface area contributed by atoms with Crippen molar-refractivity contribution >= 4 is 29.3 Å². The Bertz CT molecular complexity index is 1000. The van der Waals surface area contributed by atoms with Crippen LogP contribution in [0.1, 0.15) is 5.56 Å². The lowest BCUT2D eigenvalue weighted by molar-refractivity contribution is -0.118. The fourth-order valence-corrected chi connectivity index (χ4v) is 3.69. The van der Waals surface area contributed by atoms with Crippen LogP contribution in [-0.2, 0) is 11.3 Å². The van der Waals surface area contributed by atoms with Gasteiger partial charge in [0.15, 0.2) is 16.7 Å². The number of aromatic nitrogens is 3. The van der Waals surface area contributed by atoms with Crippen molar-refractivity contribution in [3.8, 4) is 22.9 Å². The highest BCUT2D eigenvalue weighted by Crippen LogP contribution is 2.38. The molecule has 10 heteroatoms. The summed E-state index contributed by atoms with van der Waals surface area (Å²) in [5.74, 6) is 1.61. The molecule has 30 heavy (non-hydrogen) atoms. The minimum Gasteiger partial charge on any atom is -0.493 e. The van der Waals surface area contributed by atoms with Crippen LogP contribution in [0.4, 0.5) is 0 Å². The zero-order chi connectivity index (χ0) is 21.5. The molecule has 2 aromatic carbocycles. The van der Waals surface area contributed by atoms with Gasteiger partial charge in [0.2, 0.25) is 11.7 Å². The summed E-state index contributed by atoms with van der Waals surface area (Å²) in [6, 6.07) is 10.9. The molecule has 1 heterocycles. The van der Waals surface area contributed by atoms with Crippen LogP contribution in [0.2, 0.25) is 5.02 Å². The van der Waals surface area contributed by atoms with Crippen molar-refractivity contribution in [2.45, 2.75) is 11.7 Å². The average Bonchev–Trinajstić information content (AvgIpc) is 3.24. The molecule has 1 amide bonds. The van der Waals surface area contributed by atoms with E-state index in [2.05, 4.69) is 15.5 Å². The summed E-state index contributed by atoms with van der Waals surface area (Å²) in [5, 5.41) is 12.1. The largest absolute Gasteiger partial charge is 0.493 e. The summed E-state index contributed by atoms with van der Waals surface area (Å²) < 4.78 is 17.8. The lowest BCUT2D eigenvalue weighted by Crippen LogP contribution is -2.24. The smallest absolute Gasteiger partial charge is 0.230 e. The number of nitrogens with zero attached hydrogens (tertiary/aromatic N) is 3. The van der Waals surface area contributed by atoms with Gasteiger partial charge in [-0.3, -0.25) is 9.36 Å². The van der Waals surface area contributed by atoms with Crippen LogP contribution < -0.4 is 19.5 Å². The van der Waals surface area contributed by atoms with E-state index in [1.165, 1.54) is 11.8 Å². The Kier molecular flexibility index (Phi) is 7.42. The summed E-state index contributed by atoms with van der Waals surface area (Å²) in [6.45, 7) is 0.317. The number of nitrogens with one attached hydrogen (secondary N) is 1. The maximum atomic E-state index is 12.3. The molecular formula is C20H21ClN4O4S. The van der Waals surface area contributed by atoms with Crippen LogP contribution in [0, 0.1) is 0 Å². The van der Waals surface area contributed by atoms with Crippen molar-refractivity contribution in [1.82, 2.24) is 20.1 Å². The Morgan fingerprint density at radius 3 is 2.50 bits per heavy atom. The molecule has 0 aliphatic heterocycles. The van der Waals surface area contributed by atoms with Crippen LogP contribution in [-0.4, -0.2) is 47.8 Å². The monoisotopic (exact) mass is 448 g/mol. The molecule has 0 saturated heterocycles. The number of halogens is 1. The Morgan fingerprint density at radius 1 is 1.13 bits per heavy atom. The Labute approximate surface area is 183 Å². The summed E-state index contributed by atoms with van der Waals surface area (Å²) in [5.41, 5.74) is 1.65. The molecule has 1 aromatic heterocycles. The molecular weight excluding hydrogens is 428 g/mol. The molecule has 0 radical (unpaired) electrons. The number of amides is 1. The Morgan fingerprint density at radius 2 is 1.87 bits per heavy atom. The lowest BCUT2D eigenvalue weighted by Gasteiger charge is -2.14. The zero-order valence-corrected chi connectivity index (χ0v) is 18.3. The molecule has 0 fully saturated rings. The third-order valence-corrected chi connectivity index (χ3v) is 5.33. The number of ether oxygens (including phenoxy) is 3. The molecule has 0 spiro atoms. The van der Waals surface area contributed by atoms with Gasteiger partial charge >= 0.3 is 0 Å². The first-order valence-corrected chi connectivity index (χ1v) is 10.3. The van der Waals surface area contributed by atoms with E-state index in [4.69, 9.17) is 25.8 Å². The molecule has 0 unspecified atom stereocenters. The van der Waals surface area contributed by atoms with Gasteiger partial charge in [0.1, 0.15) is 6.33 Å². The molecule has 158 valence electrons. The van der Waals surface area contributed by atoms with Crippen molar-refractivity contribution in [3.63, 3.8) is 0 Å². The minimum absolute atomic E-state index is 0.144. The van der Waals surface area contributed by atoms with E-state index in [9.17, 15) is 4.79 Å². The van der Waals surface area contributed by atoms with Crippen molar-refractivity contribution < 1.29 is 19.0 Å². The SMILES string of the molecule is COc1cc(CNC(=O)CSc2nncn2-c2cccc(Cl)c2)cc(OC)c1OC. The first-order chi connectivity index (χ1) is 14.5. The summed E-state index contributed by atoms with van der Waals surface area (Å²) in [4.78, 5) is 12.3. The number of hydrogen-bond acceptors (Lipinski definition) is 7. The molecule has 1 N–H and O–H groups in total. The molecule has 0 saturated carbocycles. The number of hydrogen-bond donors (Lipinski definition) is 1. The van der Waals surface area contributed by atoms with E-state index < -0.39 is 0 Å². The second kappa shape index (κ2) is 10.2. The molecule has 3 rings (SSSR count). The van der Waals surface area contributed by atoms with Crippen molar-refractivity contribution in [1.29, 1.82) is 0 Å². The van der Waals surface area contributed by atoms with Crippen LogP contribution in [0.5, 0.6) is 17.2 Å². The van der Waals surface area contributed by atoms with Crippen molar-refractivity contribution in [3.05, 3.63) is 53.3 Å². The Balaban J connectivity index is 1.61. The highest BCUT2D eigenvalue weighted by atomic mass is 35.5. The van der Waals surface area contributed by atoms with E-state index in [0.717, 1.165) is 11.3 Å². The number of rotatable bonds is 9. The Hall–Kier alpha value is -2.91. The van der Waals surface area contributed by atoms with Crippen LogP contribution >= 0.6 is 23.4 Å². The fourth-order valence-electron chi connectivity index (χ4n) is 2.75. The highest BCUT2D eigenvalue weighted by molar-refractivity contribution is 7.99. The summed E-state index contributed by atoms with van der Waals surface area (Å²) >= 11 is 7.34. The van der Waals surface area contributed by atoms with Gasteiger partial charge < -0.3 is 19.5 Å². The van der Waals surface area contributed by atoms with E-state index in [1.807, 2.05) is 12.1 Å². The molecule has 3 aromatic rings.